The average molecular weight is 373 g/mol. The van der Waals surface area contributed by atoms with Gasteiger partial charge in [-0.25, -0.2) is 9.37 Å². The van der Waals surface area contributed by atoms with Crippen molar-refractivity contribution in [3.05, 3.63) is 89.5 Å². The molecule has 0 bridgehead atoms. The summed E-state index contributed by atoms with van der Waals surface area (Å²) in [5.74, 6) is 0.364. The summed E-state index contributed by atoms with van der Waals surface area (Å²) in [6.07, 6.45) is 3.69. The highest BCUT2D eigenvalue weighted by molar-refractivity contribution is 5.76. The van der Waals surface area contributed by atoms with E-state index in [1.807, 2.05) is 24.3 Å². The van der Waals surface area contributed by atoms with Gasteiger partial charge in [0.15, 0.2) is 11.6 Å². The Labute approximate surface area is 162 Å². The molecule has 0 unspecified atom stereocenters. The van der Waals surface area contributed by atoms with Crippen LogP contribution in [-0.4, -0.2) is 16.0 Å². The maximum atomic E-state index is 14.2. The second kappa shape index (κ2) is 7.09. The van der Waals surface area contributed by atoms with Crippen LogP contribution in [0.4, 0.5) is 4.39 Å². The number of aromatic nitrogens is 2. The van der Waals surface area contributed by atoms with E-state index in [1.165, 1.54) is 22.8 Å². The Morgan fingerprint density at radius 3 is 2.54 bits per heavy atom. The minimum absolute atomic E-state index is 0.175. The number of fused-ring (bicyclic) bond motifs is 2. The second-order valence-electron chi connectivity index (χ2n) is 7.20. The SMILES string of the molecule is Fc1cc2[nH]cnc2cc1Oc1ccc(CNC2Cc3ccccc3C2)cc1. The van der Waals surface area contributed by atoms with Crippen molar-refractivity contribution < 1.29 is 9.13 Å². The maximum Gasteiger partial charge on any atom is 0.167 e. The topological polar surface area (TPSA) is 49.9 Å². The molecule has 0 fully saturated rings. The van der Waals surface area contributed by atoms with Gasteiger partial charge in [0.25, 0.3) is 0 Å². The van der Waals surface area contributed by atoms with Crippen molar-refractivity contribution >= 4 is 11.0 Å². The number of hydrogen-bond donors (Lipinski definition) is 2. The van der Waals surface area contributed by atoms with Crippen LogP contribution in [-0.2, 0) is 19.4 Å². The van der Waals surface area contributed by atoms with Gasteiger partial charge in [-0.1, -0.05) is 36.4 Å². The van der Waals surface area contributed by atoms with Gasteiger partial charge in [-0.2, -0.15) is 0 Å². The van der Waals surface area contributed by atoms with Gasteiger partial charge in [0.05, 0.1) is 17.4 Å². The van der Waals surface area contributed by atoms with Crippen LogP contribution < -0.4 is 10.1 Å². The number of ether oxygens (including phenoxy) is 1. The van der Waals surface area contributed by atoms with Crippen LogP contribution in [0, 0.1) is 5.82 Å². The highest BCUT2D eigenvalue weighted by atomic mass is 19.1. The Balaban J connectivity index is 1.22. The third kappa shape index (κ3) is 3.37. The van der Waals surface area contributed by atoms with Gasteiger partial charge in [0, 0.05) is 24.7 Å². The molecule has 140 valence electrons. The van der Waals surface area contributed by atoms with E-state index in [2.05, 4.69) is 39.6 Å². The zero-order valence-electron chi connectivity index (χ0n) is 15.3. The number of nitrogens with zero attached hydrogens (tertiary/aromatic N) is 1. The largest absolute Gasteiger partial charge is 0.454 e. The third-order valence-corrected chi connectivity index (χ3v) is 5.27. The molecular weight excluding hydrogens is 353 g/mol. The van der Waals surface area contributed by atoms with Crippen LogP contribution in [0.15, 0.2) is 67.0 Å². The van der Waals surface area contributed by atoms with E-state index in [9.17, 15) is 4.39 Å². The third-order valence-electron chi connectivity index (χ3n) is 5.27. The summed E-state index contributed by atoms with van der Waals surface area (Å²) in [5.41, 5.74) is 5.39. The van der Waals surface area contributed by atoms with E-state index in [0.717, 1.165) is 19.4 Å². The van der Waals surface area contributed by atoms with Crippen molar-refractivity contribution in [1.82, 2.24) is 15.3 Å². The summed E-state index contributed by atoms with van der Waals surface area (Å²) in [7, 11) is 0. The molecule has 0 atom stereocenters. The Bertz CT molecular complexity index is 1100. The molecule has 1 aliphatic rings. The molecule has 0 spiro atoms. The molecule has 5 rings (SSSR count). The Morgan fingerprint density at radius 1 is 1.04 bits per heavy atom. The number of benzene rings is 3. The van der Waals surface area contributed by atoms with E-state index < -0.39 is 5.82 Å². The predicted molar refractivity (Wildman–Crippen MR) is 107 cm³/mol. The van der Waals surface area contributed by atoms with Crippen molar-refractivity contribution in [2.45, 2.75) is 25.4 Å². The summed E-state index contributed by atoms with van der Waals surface area (Å²) in [6.45, 7) is 0.798. The van der Waals surface area contributed by atoms with Crippen molar-refractivity contribution in [3.8, 4) is 11.5 Å². The van der Waals surface area contributed by atoms with Crippen LogP contribution in [0.1, 0.15) is 16.7 Å². The summed E-state index contributed by atoms with van der Waals surface area (Å²) in [6, 6.07) is 19.9. The zero-order valence-corrected chi connectivity index (χ0v) is 15.3. The van der Waals surface area contributed by atoms with Crippen molar-refractivity contribution in [2.75, 3.05) is 0 Å². The fraction of sp³-hybridized carbons (Fsp3) is 0.174. The fourth-order valence-electron chi connectivity index (χ4n) is 3.78. The molecule has 0 radical (unpaired) electrons. The van der Waals surface area contributed by atoms with Gasteiger partial charge < -0.3 is 15.0 Å². The van der Waals surface area contributed by atoms with E-state index in [1.54, 1.807) is 12.4 Å². The lowest BCUT2D eigenvalue weighted by Crippen LogP contribution is -2.28. The molecule has 2 N–H and O–H groups in total. The van der Waals surface area contributed by atoms with E-state index in [4.69, 9.17) is 4.74 Å². The van der Waals surface area contributed by atoms with E-state index in [-0.39, 0.29) is 5.75 Å². The molecule has 3 aromatic carbocycles. The van der Waals surface area contributed by atoms with Crippen molar-refractivity contribution in [3.63, 3.8) is 0 Å². The molecule has 0 saturated heterocycles. The molecule has 0 amide bonds. The number of halogens is 1. The van der Waals surface area contributed by atoms with Crippen LogP contribution >= 0.6 is 0 Å². The molecule has 1 heterocycles. The molecule has 4 nitrogen and oxygen atoms in total. The van der Waals surface area contributed by atoms with Crippen molar-refractivity contribution in [2.24, 2.45) is 0 Å². The van der Waals surface area contributed by atoms with Crippen LogP contribution in [0.3, 0.4) is 0 Å². The minimum atomic E-state index is -0.414. The average Bonchev–Trinajstić information content (AvgIpc) is 3.33. The number of hydrogen-bond acceptors (Lipinski definition) is 3. The molecule has 5 heteroatoms. The monoisotopic (exact) mass is 373 g/mol. The van der Waals surface area contributed by atoms with Gasteiger partial charge >= 0.3 is 0 Å². The first-order valence-corrected chi connectivity index (χ1v) is 9.44. The van der Waals surface area contributed by atoms with Crippen LogP contribution in [0.2, 0.25) is 0 Å². The standard InChI is InChI=1S/C23H20FN3O/c24-20-11-21-22(27-14-26-21)12-23(20)28-19-7-5-15(6-8-19)13-25-18-9-16-3-1-2-4-17(16)10-18/h1-8,11-12,14,18,25H,9-10,13H2,(H,26,27). The minimum Gasteiger partial charge on any atom is -0.454 e. The van der Waals surface area contributed by atoms with Gasteiger partial charge in [0.2, 0.25) is 0 Å². The number of imidazole rings is 1. The Kier molecular flexibility index (Phi) is 4.29. The van der Waals surface area contributed by atoms with Gasteiger partial charge in [-0.05, 0) is 41.7 Å². The molecule has 0 aliphatic heterocycles. The smallest absolute Gasteiger partial charge is 0.167 e. The first-order chi connectivity index (χ1) is 13.7. The lowest BCUT2D eigenvalue weighted by atomic mass is 10.1. The summed E-state index contributed by atoms with van der Waals surface area (Å²) in [4.78, 5) is 7.03. The quantitative estimate of drug-likeness (QED) is 0.531. The lowest BCUT2D eigenvalue weighted by molar-refractivity contribution is 0.443. The number of H-pyrrole nitrogens is 1. The number of rotatable bonds is 5. The maximum absolute atomic E-state index is 14.2. The van der Waals surface area contributed by atoms with Crippen LogP contribution in [0.5, 0.6) is 11.5 Å². The predicted octanol–water partition coefficient (Wildman–Crippen LogP) is 4.75. The number of aromatic amines is 1. The molecular formula is C23H20FN3O. The Hall–Kier alpha value is -3.18. The first-order valence-electron chi connectivity index (χ1n) is 9.44. The highest BCUT2D eigenvalue weighted by Gasteiger charge is 2.20. The van der Waals surface area contributed by atoms with Gasteiger partial charge in [0.1, 0.15) is 5.75 Å². The van der Waals surface area contributed by atoms with Crippen LogP contribution in [0.25, 0.3) is 11.0 Å². The van der Waals surface area contributed by atoms with E-state index >= 15 is 0 Å². The first kappa shape index (κ1) is 17.0. The van der Waals surface area contributed by atoms with Gasteiger partial charge in [-0.15, -0.1) is 0 Å². The second-order valence-corrected chi connectivity index (χ2v) is 7.20. The lowest BCUT2D eigenvalue weighted by Gasteiger charge is -2.12. The van der Waals surface area contributed by atoms with E-state index in [0.29, 0.717) is 22.8 Å². The highest BCUT2D eigenvalue weighted by Crippen LogP contribution is 2.28. The molecule has 1 aromatic heterocycles. The Morgan fingerprint density at radius 2 is 1.79 bits per heavy atom. The van der Waals surface area contributed by atoms with Crippen molar-refractivity contribution in [1.29, 1.82) is 0 Å². The molecule has 1 aliphatic carbocycles. The normalized spacial score (nSPS) is 13.8. The molecule has 0 saturated carbocycles. The zero-order chi connectivity index (χ0) is 18.9. The number of nitrogens with one attached hydrogen (secondary N) is 2. The molecule has 4 aromatic rings. The summed E-state index contributed by atoms with van der Waals surface area (Å²) < 4.78 is 19.9. The molecule has 28 heavy (non-hydrogen) atoms. The summed E-state index contributed by atoms with van der Waals surface area (Å²) >= 11 is 0. The summed E-state index contributed by atoms with van der Waals surface area (Å²) in [5, 5.41) is 3.63. The fourth-order valence-corrected chi connectivity index (χ4v) is 3.78. The van der Waals surface area contributed by atoms with Gasteiger partial charge in [-0.3, -0.25) is 0 Å².